The second-order valence-electron chi connectivity index (χ2n) is 7.00. The van der Waals surface area contributed by atoms with Crippen molar-refractivity contribution in [2.24, 2.45) is 0 Å². The lowest BCUT2D eigenvalue weighted by atomic mass is 10.1. The number of likely N-dealkylation sites (tertiary alicyclic amines) is 1. The Balaban J connectivity index is 1.39. The van der Waals surface area contributed by atoms with Gasteiger partial charge in [0.2, 0.25) is 0 Å². The molecule has 1 fully saturated rings. The molecule has 4 rings (SSSR count). The van der Waals surface area contributed by atoms with E-state index in [4.69, 9.17) is 27.9 Å². The van der Waals surface area contributed by atoms with E-state index in [1.54, 1.807) is 0 Å². The third-order valence-corrected chi connectivity index (χ3v) is 6.63. The molecule has 0 N–H and O–H groups in total. The van der Waals surface area contributed by atoms with Crippen molar-refractivity contribution in [3.05, 3.63) is 69.1 Å². The fourth-order valence-corrected chi connectivity index (χ4v) is 4.63. The molecule has 0 atom stereocenters. The largest absolute Gasteiger partial charge is 0.490 e. The lowest BCUT2D eigenvalue weighted by molar-refractivity contribution is 0.0599. The highest BCUT2D eigenvalue weighted by Gasteiger charge is 2.27. The Kier molecular flexibility index (Phi) is 6.09. The number of rotatable bonds is 4. The van der Waals surface area contributed by atoms with Crippen LogP contribution in [0.3, 0.4) is 0 Å². The number of hydrogen-bond donors (Lipinski definition) is 0. The minimum Gasteiger partial charge on any atom is -0.490 e. The average Bonchev–Trinajstić information content (AvgIpc) is 3.12. The van der Waals surface area contributed by atoms with Gasteiger partial charge in [0.25, 0.3) is 5.91 Å². The number of aromatic nitrogens is 1. The number of carbonyl (C=O) groups excluding carboxylic acids is 1. The molecular weight excluding hydrogens is 427 g/mol. The van der Waals surface area contributed by atoms with Crippen LogP contribution in [0.1, 0.15) is 28.2 Å². The highest BCUT2D eigenvalue weighted by atomic mass is 35.5. The van der Waals surface area contributed by atoms with Gasteiger partial charge in [-0.3, -0.25) is 4.79 Å². The van der Waals surface area contributed by atoms with Gasteiger partial charge in [0.15, 0.2) is 0 Å². The summed E-state index contributed by atoms with van der Waals surface area (Å²) in [5.41, 5.74) is 1.74. The van der Waals surface area contributed by atoms with E-state index in [0.29, 0.717) is 28.0 Å². The quantitative estimate of drug-likeness (QED) is 0.485. The Hall–Kier alpha value is -2.08. The summed E-state index contributed by atoms with van der Waals surface area (Å²) in [5.74, 6) is 0.857. The number of nitrogens with zero attached hydrogens (tertiary/aromatic N) is 2. The fourth-order valence-electron chi connectivity index (χ4n) is 3.34. The highest BCUT2D eigenvalue weighted by Crippen LogP contribution is 2.30. The molecule has 0 spiro atoms. The number of aryl methyl sites for hydroxylation is 1. The Morgan fingerprint density at radius 2 is 1.62 bits per heavy atom. The number of ether oxygens (including phenoxy) is 1. The van der Waals surface area contributed by atoms with Crippen LogP contribution in [-0.4, -0.2) is 35.0 Å². The number of halogens is 2. The molecule has 1 saturated heterocycles. The lowest BCUT2D eigenvalue weighted by Crippen LogP contribution is -2.41. The van der Waals surface area contributed by atoms with Crippen LogP contribution in [0.25, 0.3) is 10.6 Å². The fraction of sp³-hybridized carbons (Fsp3) is 0.273. The molecule has 0 unspecified atom stereocenters. The van der Waals surface area contributed by atoms with Crippen LogP contribution in [0.15, 0.2) is 48.5 Å². The van der Waals surface area contributed by atoms with Crippen LogP contribution >= 0.6 is 34.5 Å². The van der Waals surface area contributed by atoms with Crippen LogP contribution in [0.5, 0.6) is 5.75 Å². The minimum absolute atomic E-state index is 0.0464. The molecule has 1 amide bonds. The summed E-state index contributed by atoms with van der Waals surface area (Å²) in [6, 6.07) is 14.9. The van der Waals surface area contributed by atoms with E-state index < -0.39 is 0 Å². The smallest absolute Gasteiger partial charge is 0.265 e. The molecule has 1 aromatic heterocycles. The van der Waals surface area contributed by atoms with Gasteiger partial charge in [-0.2, -0.15) is 0 Å². The Labute approximate surface area is 184 Å². The third-order valence-electron chi connectivity index (χ3n) is 4.93. The zero-order valence-corrected chi connectivity index (χ0v) is 18.2. The van der Waals surface area contributed by atoms with Gasteiger partial charge in [-0.25, -0.2) is 4.98 Å². The first-order valence-corrected chi connectivity index (χ1v) is 11.0. The van der Waals surface area contributed by atoms with Gasteiger partial charge in [-0.05, 0) is 43.3 Å². The van der Waals surface area contributed by atoms with Gasteiger partial charge in [-0.15, -0.1) is 11.3 Å². The number of carbonyl (C=O) groups is 1. The van der Waals surface area contributed by atoms with Crippen LogP contribution in [-0.2, 0) is 0 Å². The second-order valence-corrected chi connectivity index (χ2v) is 8.88. The highest BCUT2D eigenvalue weighted by molar-refractivity contribution is 7.17. The first kappa shape index (κ1) is 20.2. The summed E-state index contributed by atoms with van der Waals surface area (Å²) >= 11 is 13.3. The number of piperidine rings is 1. The van der Waals surface area contributed by atoms with Gasteiger partial charge >= 0.3 is 0 Å². The average molecular weight is 447 g/mol. The normalized spacial score (nSPS) is 14.8. The minimum atomic E-state index is 0.0464. The van der Waals surface area contributed by atoms with E-state index in [9.17, 15) is 4.79 Å². The molecule has 150 valence electrons. The van der Waals surface area contributed by atoms with Crippen molar-refractivity contribution in [1.82, 2.24) is 9.88 Å². The Morgan fingerprint density at radius 3 is 2.24 bits per heavy atom. The first-order valence-electron chi connectivity index (χ1n) is 9.44. The van der Waals surface area contributed by atoms with Crippen LogP contribution in [0.2, 0.25) is 10.0 Å². The SMILES string of the molecule is Cc1nc(-c2ccc(Cl)cc2)sc1C(=O)N1CCC(Oc2ccc(Cl)cc2)CC1. The predicted molar refractivity (Wildman–Crippen MR) is 118 cm³/mol. The van der Waals surface area contributed by atoms with E-state index in [0.717, 1.165) is 34.9 Å². The molecule has 0 radical (unpaired) electrons. The second kappa shape index (κ2) is 8.74. The molecule has 7 heteroatoms. The van der Waals surface area contributed by atoms with Crippen molar-refractivity contribution in [1.29, 1.82) is 0 Å². The topological polar surface area (TPSA) is 42.4 Å². The molecule has 1 aliphatic rings. The van der Waals surface area contributed by atoms with E-state index in [2.05, 4.69) is 4.98 Å². The van der Waals surface area contributed by atoms with Crippen molar-refractivity contribution in [2.75, 3.05) is 13.1 Å². The van der Waals surface area contributed by atoms with Crippen molar-refractivity contribution in [3.8, 4) is 16.3 Å². The van der Waals surface area contributed by atoms with E-state index in [-0.39, 0.29) is 12.0 Å². The monoisotopic (exact) mass is 446 g/mol. The molecule has 2 aromatic carbocycles. The van der Waals surface area contributed by atoms with Gasteiger partial charge in [0, 0.05) is 41.5 Å². The van der Waals surface area contributed by atoms with E-state index >= 15 is 0 Å². The van der Waals surface area contributed by atoms with Crippen molar-refractivity contribution in [3.63, 3.8) is 0 Å². The van der Waals surface area contributed by atoms with Gasteiger partial charge in [0.05, 0.1) is 5.69 Å². The lowest BCUT2D eigenvalue weighted by Gasteiger charge is -2.32. The summed E-state index contributed by atoms with van der Waals surface area (Å²) in [6.07, 6.45) is 1.71. The summed E-state index contributed by atoms with van der Waals surface area (Å²) in [5, 5.41) is 2.21. The Morgan fingerprint density at radius 1 is 1.03 bits per heavy atom. The zero-order chi connectivity index (χ0) is 20.4. The number of hydrogen-bond acceptors (Lipinski definition) is 4. The molecule has 29 heavy (non-hydrogen) atoms. The van der Waals surface area contributed by atoms with Gasteiger partial charge in [-0.1, -0.05) is 35.3 Å². The van der Waals surface area contributed by atoms with E-state index in [1.165, 1.54) is 11.3 Å². The standard InChI is InChI=1S/C22H20Cl2N2O2S/c1-14-20(29-21(25-14)15-2-4-16(23)5-3-15)22(27)26-12-10-19(11-13-26)28-18-8-6-17(24)7-9-18/h2-9,19H,10-13H2,1H3. The molecule has 4 nitrogen and oxygen atoms in total. The third kappa shape index (κ3) is 4.74. The summed E-state index contributed by atoms with van der Waals surface area (Å²) in [6.45, 7) is 3.23. The maximum absolute atomic E-state index is 13.0. The van der Waals surface area contributed by atoms with Crippen LogP contribution in [0.4, 0.5) is 0 Å². The van der Waals surface area contributed by atoms with Crippen LogP contribution < -0.4 is 4.74 Å². The molecular formula is C22H20Cl2N2O2S. The van der Waals surface area contributed by atoms with Crippen molar-refractivity contribution in [2.45, 2.75) is 25.9 Å². The van der Waals surface area contributed by atoms with Gasteiger partial charge in [0.1, 0.15) is 21.7 Å². The van der Waals surface area contributed by atoms with E-state index in [1.807, 2.05) is 60.4 Å². The molecule has 1 aliphatic heterocycles. The first-order chi connectivity index (χ1) is 14.0. The van der Waals surface area contributed by atoms with Crippen molar-refractivity contribution >= 4 is 40.4 Å². The molecule has 0 saturated carbocycles. The number of benzene rings is 2. The van der Waals surface area contributed by atoms with Gasteiger partial charge < -0.3 is 9.64 Å². The molecule has 0 aliphatic carbocycles. The summed E-state index contributed by atoms with van der Waals surface area (Å²) < 4.78 is 6.02. The molecule has 2 heterocycles. The maximum Gasteiger partial charge on any atom is 0.265 e. The van der Waals surface area contributed by atoms with Crippen molar-refractivity contribution < 1.29 is 9.53 Å². The van der Waals surface area contributed by atoms with Crippen LogP contribution in [0, 0.1) is 6.92 Å². The predicted octanol–water partition coefficient (Wildman–Crippen LogP) is 6.11. The Bertz CT molecular complexity index is 995. The molecule has 0 bridgehead atoms. The summed E-state index contributed by atoms with van der Waals surface area (Å²) in [4.78, 5) is 20.2. The maximum atomic E-state index is 13.0. The summed E-state index contributed by atoms with van der Waals surface area (Å²) in [7, 11) is 0. The number of amides is 1. The zero-order valence-electron chi connectivity index (χ0n) is 15.9. The number of thiazole rings is 1. The molecule has 3 aromatic rings.